The fraction of sp³-hybridized carbons (Fsp3) is 0.276. The average molecular weight is 484 g/mol. The first-order valence-electron chi connectivity index (χ1n) is 12.2. The molecule has 2 aliphatic rings. The van der Waals surface area contributed by atoms with Crippen LogP contribution in [0.1, 0.15) is 51.7 Å². The second-order valence-corrected chi connectivity index (χ2v) is 10.5. The maximum absolute atomic E-state index is 14.1. The maximum atomic E-state index is 14.1. The van der Waals surface area contributed by atoms with Crippen LogP contribution in [0.2, 0.25) is 0 Å². The number of hydrogen-bond donors (Lipinski definition) is 1. The predicted octanol–water partition coefficient (Wildman–Crippen LogP) is 6.87. The Morgan fingerprint density at radius 3 is 2.69 bits per heavy atom. The summed E-state index contributed by atoms with van der Waals surface area (Å²) < 4.78 is 7.87. The van der Waals surface area contributed by atoms with E-state index in [1.807, 2.05) is 59.6 Å². The lowest BCUT2D eigenvalue weighted by atomic mass is 9.95. The van der Waals surface area contributed by atoms with Gasteiger partial charge < -0.3 is 19.5 Å². The van der Waals surface area contributed by atoms with Crippen LogP contribution in [0.25, 0.3) is 5.00 Å². The van der Waals surface area contributed by atoms with Crippen LogP contribution < -0.4 is 10.1 Å². The number of urea groups is 1. The van der Waals surface area contributed by atoms with E-state index in [0.29, 0.717) is 18.0 Å². The molecule has 2 amide bonds. The van der Waals surface area contributed by atoms with E-state index in [4.69, 9.17) is 4.74 Å². The van der Waals surface area contributed by atoms with Crippen LogP contribution in [0, 0.1) is 6.92 Å². The topological polar surface area (TPSA) is 46.5 Å². The van der Waals surface area contributed by atoms with Crippen molar-refractivity contribution in [3.05, 3.63) is 99.7 Å². The number of methoxy groups -OCH3 is 1. The summed E-state index contributed by atoms with van der Waals surface area (Å²) in [7, 11) is 1.63. The molecule has 0 radical (unpaired) electrons. The number of ether oxygens (including phenoxy) is 1. The number of rotatable bonds is 3. The van der Waals surface area contributed by atoms with Gasteiger partial charge in [-0.2, -0.15) is 0 Å². The SMILES string of the molecule is COc1ccc(C)cc1NC(=O)N1Cc2c(sc3c2CCCC3)-n2cccc2[C@H]1c1ccccc1. The van der Waals surface area contributed by atoms with Crippen molar-refractivity contribution in [3.8, 4) is 10.8 Å². The number of nitrogens with zero attached hydrogens (tertiary/aromatic N) is 2. The summed E-state index contributed by atoms with van der Waals surface area (Å²) in [5, 5.41) is 4.45. The van der Waals surface area contributed by atoms with Crippen molar-refractivity contribution in [2.75, 3.05) is 12.4 Å². The fourth-order valence-corrected chi connectivity index (χ4v) is 6.88. The first kappa shape index (κ1) is 22.0. The van der Waals surface area contributed by atoms with Gasteiger partial charge >= 0.3 is 6.03 Å². The molecule has 0 bridgehead atoms. The number of hydrogen-bond acceptors (Lipinski definition) is 3. The summed E-state index contributed by atoms with van der Waals surface area (Å²) >= 11 is 1.91. The van der Waals surface area contributed by atoms with Crippen LogP contribution in [-0.2, 0) is 19.4 Å². The third kappa shape index (κ3) is 3.82. The molecule has 1 aliphatic heterocycles. The van der Waals surface area contributed by atoms with Crippen molar-refractivity contribution in [3.63, 3.8) is 0 Å². The van der Waals surface area contributed by atoms with Gasteiger partial charge in [0.1, 0.15) is 10.8 Å². The average Bonchev–Trinajstić information content (AvgIpc) is 3.46. The summed E-state index contributed by atoms with van der Waals surface area (Å²) in [6, 6.07) is 20.1. The largest absolute Gasteiger partial charge is 0.495 e. The quantitative estimate of drug-likeness (QED) is 0.346. The van der Waals surface area contributed by atoms with E-state index in [1.165, 1.54) is 33.8 Å². The lowest BCUT2D eigenvalue weighted by molar-refractivity contribution is 0.194. The van der Waals surface area contributed by atoms with E-state index < -0.39 is 0 Å². The molecule has 0 spiro atoms. The number of anilines is 1. The highest BCUT2D eigenvalue weighted by atomic mass is 32.1. The normalized spacial score (nSPS) is 16.6. The van der Waals surface area contributed by atoms with Gasteiger partial charge in [0.15, 0.2) is 0 Å². The van der Waals surface area contributed by atoms with Gasteiger partial charge in [-0.1, -0.05) is 36.4 Å². The minimum atomic E-state index is -0.208. The van der Waals surface area contributed by atoms with Gasteiger partial charge in [0.25, 0.3) is 0 Å². The Morgan fingerprint density at radius 1 is 1.03 bits per heavy atom. The summed E-state index contributed by atoms with van der Waals surface area (Å²) in [5.41, 5.74) is 6.72. The van der Waals surface area contributed by atoms with E-state index in [9.17, 15) is 4.79 Å². The standard InChI is InChI=1S/C29H29N3O2S/c1-19-14-15-25(34-2)23(17-19)30-29(33)32-18-22-21-11-6-7-13-26(21)35-28(22)31-16-8-12-24(31)27(32)20-9-4-3-5-10-20/h3-5,8-10,12,14-17,27H,6-7,11,13,18H2,1-2H3,(H,30,33)/t27-/m1/s1. The van der Waals surface area contributed by atoms with E-state index in [2.05, 4.69) is 40.3 Å². The molecule has 4 aromatic rings. The molecule has 35 heavy (non-hydrogen) atoms. The van der Waals surface area contributed by atoms with Gasteiger partial charge in [-0.15, -0.1) is 11.3 Å². The van der Waals surface area contributed by atoms with Crippen LogP contribution in [0.4, 0.5) is 10.5 Å². The summed E-state index contributed by atoms with van der Waals surface area (Å²) in [6.45, 7) is 2.59. The highest BCUT2D eigenvalue weighted by Crippen LogP contribution is 2.44. The zero-order valence-electron chi connectivity index (χ0n) is 20.1. The summed E-state index contributed by atoms with van der Waals surface area (Å²) in [5.74, 6) is 0.659. The number of carbonyl (C=O) groups excluding carboxylic acids is 1. The summed E-state index contributed by atoms with van der Waals surface area (Å²) in [4.78, 5) is 17.6. The minimum absolute atomic E-state index is 0.126. The van der Waals surface area contributed by atoms with Crippen molar-refractivity contribution in [2.24, 2.45) is 0 Å². The van der Waals surface area contributed by atoms with Gasteiger partial charge in [-0.05, 0) is 73.6 Å². The number of aromatic nitrogens is 1. The van der Waals surface area contributed by atoms with Crippen molar-refractivity contribution in [1.82, 2.24) is 9.47 Å². The third-order valence-electron chi connectivity index (χ3n) is 7.15. The van der Waals surface area contributed by atoms with Gasteiger partial charge in [0.05, 0.1) is 31.1 Å². The molecule has 1 N–H and O–H groups in total. The fourth-order valence-electron chi connectivity index (χ4n) is 5.48. The van der Waals surface area contributed by atoms with Crippen molar-refractivity contribution in [2.45, 2.75) is 45.2 Å². The molecule has 5 nitrogen and oxygen atoms in total. The van der Waals surface area contributed by atoms with Gasteiger partial charge in [-0.25, -0.2) is 4.79 Å². The molecular weight excluding hydrogens is 454 g/mol. The molecular formula is C29H29N3O2S. The Kier molecular flexibility index (Phi) is 5.61. The van der Waals surface area contributed by atoms with E-state index in [-0.39, 0.29) is 12.1 Å². The van der Waals surface area contributed by atoms with Crippen LogP contribution >= 0.6 is 11.3 Å². The Balaban J connectivity index is 1.49. The second-order valence-electron chi connectivity index (χ2n) is 9.37. The number of thiophene rings is 1. The lowest BCUT2D eigenvalue weighted by Gasteiger charge is -2.31. The van der Waals surface area contributed by atoms with E-state index >= 15 is 0 Å². The predicted molar refractivity (Wildman–Crippen MR) is 141 cm³/mol. The maximum Gasteiger partial charge on any atom is 0.323 e. The smallest absolute Gasteiger partial charge is 0.323 e. The minimum Gasteiger partial charge on any atom is -0.495 e. The number of aryl methyl sites for hydroxylation is 2. The van der Waals surface area contributed by atoms with Crippen molar-refractivity contribution in [1.29, 1.82) is 0 Å². The second kappa shape index (κ2) is 8.93. The van der Waals surface area contributed by atoms with Crippen molar-refractivity contribution >= 4 is 23.1 Å². The monoisotopic (exact) mass is 483 g/mol. The Morgan fingerprint density at radius 2 is 1.86 bits per heavy atom. The van der Waals surface area contributed by atoms with E-state index in [0.717, 1.165) is 29.7 Å². The van der Waals surface area contributed by atoms with Crippen LogP contribution in [-0.4, -0.2) is 22.6 Å². The molecule has 0 saturated carbocycles. The molecule has 0 saturated heterocycles. The lowest BCUT2D eigenvalue weighted by Crippen LogP contribution is -2.38. The molecule has 1 aliphatic carbocycles. The molecule has 0 unspecified atom stereocenters. The Labute approximate surface area is 210 Å². The molecule has 2 aromatic carbocycles. The Bertz CT molecular complexity index is 1390. The van der Waals surface area contributed by atoms with Crippen LogP contribution in [0.3, 0.4) is 0 Å². The number of carbonyl (C=O) groups is 1. The van der Waals surface area contributed by atoms with E-state index in [1.54, 1.807) is 7.11 Å². The molecule has 2 aromatic heterocycles. The highest BCUT2D eigenvalue weighted by molar-refractivity contribution is 7.15. The first-order valence-corrected chi connectivity index (χ1v) is 13.0. The van der Waals surface area contributed by atoms with Gasteiger partial charge in [0, 0.05) is 16.6 Å². The Hall–Kier alpha value is -3.51. The van der Waals surface area contributed by atoms with Gasteiger partial charge in [0.2, 0.25) is 0 Å². The molecule has 1 atom stereocenters. The van der Waals surface area contributed by atoms with Crippen LogP contribution in [0.5, 0.6) is 5.75 Å². The number of amides is 2. The third-order valence-corrected chi connectivity index (χ3v) is 8.49. The number of nitrogens with one attached hydrogen (secondary N) is 1. The molecule has 6 heteroatoms. The number of fused-ring (bicyclic) bond motifs is 5. The first-order chi connectivity index (χ1) is 17.1. The number of benzene rings is 2. The molecule has 3 heterocycles. The van der Waals surface area contributed by atoms with Crippen LogP contribution in [0.15, 0.2) is 66.9 Å². The summed E-state index contributed by atoms with van der Waals surface area (Å²) in [6.07, 6.45) is 6.84. The van der Waals surface area contributed by atoms with Gasteiger partial charge in [-0.3, -0.25) is 0 Å². The molecule has 178 valence electrons. The molecule has 0 fully saturated rings. The zero-order valence-corrected chi connectivity index (χ0v) is 20.9. The molecule has 6 rings (SSSR count). The van der Waals surface area contributed by atoms with Crippen molar-refractivity contribution < 1.29 is 9.53 Å². The zero-order chi connectivity index (χ0) is 23.9. The highest BCUT2D eigenvalue weighted by Gasteiger charge is 2.36.